The smallest absolute Gasteiger partial charge is 0.230 e. The van der Waals surface area contributed by atoms with E-state index < -0.39 is 0 Å². The van der Waals surface area contributed by atoms with Gasteiger partial charge in [-0.05, 0) is 6.42 Å². The topological polar surface area (TPSA) is 57.6 Å². The molecule has 0 aliphatic carbocycles. The van der Waals surface area contributed by atoms with Crippen LogP contribution in [0.5, 0.6) is 5.88 Å². The molecule has 1 rings (SSSR count). The molecule has 0 amide bonds. The zero-order valence-corrected chi connectivity index (χ0v) is 11.7. The molecule has 0 saturated carbocycles. The third kappa shape index (κ3) is 3.83. The van der Waals surface area contributed by atoms with Gasteiger partial charge in [0.1, 0.15) is 0 Å². The molecule has 0 aromatic carbocycles. The van der Waals surface area contributed by atoms with Gasteiger partial charge in [-0.25, -0.2) is 0 Å². The Morgan fingerprint density at radius 2 is 2.24 bits per heavy atom. The first-order chi connectivity index (χ1) is 8.12. The minimum absolute atomic E-state index is 0.129. The molecule has 0 fully saturated rings. The summed E-state index contributed by atoms with van der Waals surface area (Å²) >= 11 is 1.60. The van der Waals surface area contributed by atoms with Crippen molar-refractivity contribution in [2.45, 2.75) is 25.9 Å². The van der Waals surface area contributed by atoms with Crippen molar-refractivity contribution in [1.29, 1.82) is 0 Å². The van der Waals surface area contributed by atoms with Crippen LogP contribution in [-0.2, 0) is 6.54 Å². The lowest BCUT2D eigenvalue weighted by Gasteiger charge is -2.13. The molecule has 17 heavy (non-hydrogen) atoms. The van der Waals surface area contributed by atoms with Gasteiger partial charge in [0.05, 0.1) is 18.6 Å². The Kier molecular flexibility index (Phi) is 5.67. The highest BCUT2D eigenvalue weighted by molar-refractivity contribution is 7.15. The lowest BCUT2D eigenvalue weighted by Crippen LogP contribution is -2.30. The number of thiazole rings is 1. The van der Waals surface area contributed by atoms with Crippen LogP contribution in [0.15, 0.2) is 0 Å². The van der Waals surface area contributed by atoms with E-state index in [1.54, 1.807) is 18.4 Å². The molecular formula is C11H21N3O2S. The molecule has 0 bridgehead atoms. The number of anilines is 1. The van der Waals surface area contributed by atoms with Crippen LogP contribution in [0.2, 0.25) is 0 Å². The predicted octanol–water partition coefficient (Wildman–Crippen LogP) is 1.08. The molecule has 0 aliphatic heterocycles. The number of hydrogen-bond acceptors (Lipinski definition) is 6. The highest BCUT2D eigenvalue weighted by Crippen LogP contribution is 2.30. The molecule has 6 heteroatoms. The van der Waals surface area contributed by atoms with Gasteiger partial charge in [-0.15, -0.1) is 0 Å². The molecule has 0 saturated heterocycles. The van der Waals surface area contributed by atoms with Gasteiger partial charge in [0, 0.05) is 26.7 Å². The predicted molar refractivity (Wildman–Crippen MR) is 71.0 cm³/mol. The summed E-state index contributed by atoms with van der Waals surface area (Å²) < 4.78 is 5.25. The molecule has 0 radical (unpaired) electrons. The quantitative estimate of drug-likeness (QED) is 0.767. The van der Waals surface area contributed by atoms with Gasteiger partial charge in [0.15, 0.2) is 5.13 Å². The lowest BCUT2D eigenvalue weighted by atomic mass is 10.2. The van der Waals surface area contributed by atoms with Gasteiger partial charge >= 0.3 is 0 Å². The van der Waals surface area contributed by atoms with Crippen LogP contribution in [0.1, 0.15) is 18.2 Å². The molecule has 1 heterocycles. The first-order valence-corrected chi connectivity index (χ1v) is 6.49. The number of aromatic nitrogens is 1. The summed E-state index contributed by atoms with van der Waals surface area (Å²) in [6, 6.07) is 0.129. The number of aliphatic hydroxyl groups excluding tert-OH is 1. The van der Waals surface area contributed by atoms with Gasteiger partial charge in [-0.3, -0.25) is 0 Å². The Bertz CT molecular complexity index is 337. The maximum absolute atomic E-state index is 9.11. The Hall–Kier alpha value is -0.850. The van der Waals surface area contributed by atoms with Crippen molar-refractivity contribution >= 4 is 16.5 Å². The van der Waals surface area contributed by atoms with E-state index in [0.29, 0.717) is 12.4 Å². The SMILES string of the molecule is CCC(CO)NCc1sc(N(C)C)nc1OC. The first kappa shape index (κ1) is 14.2. The fraction of sp³-hybridized carbons (Fsp3) is 0.727. The molecule has 1 unspecified atom stereocenters. The fourth-order valence-electron chi connectivity index (χ4n) is 1.36. The minimum Gasteiger partial charge on any atom is -0.480 e. The van der Waals surface area contributed by atoms with Crippen molar-refractivity contribution in [2.24, 2.45) is 0 Å². The van der Waals surface area contributed by atoms with Crippen molar-refractivity contribution in [2.75, 3.05) is 32.7 Å². The Balaban J connectivity index is 2.69. The number of methoxy groups -OCH3 is 1. The summed E-state index contributed by atoms with van der Waals surface area (Å²) in [6.07, 6.45) is 0.901. The van der Waals surface area contributed by atoms with Crippen LogP contribution in [0.4, 0.5) is 5.13 Å². The van der Waals surface area contributed by atoms with E-state index in [1.807, 2.05) is 25.9 Å². The zero-order chi connectivity index (χ0) is 12.8. The zero-order valence-electron chi connectivity index (χ0n) is 10.9. The van der Waals surface area contributed by atoms with Gasteiger partial charge in [-0.2, -0.15) is 4.98 Å². The molecular weight excluding hydrogens is 238 g/mol. The van der Waals surface area contributed by atoms with Crippen LogP contribution in [0, 0.1) is 0 Å². The number of aliphatic hydroxyl groups is 1. The molecule has 5 nitrogen and oxygen atoms in total. The second kappa shape index (κ2) is 6.78. The van der Waals surface area contributed by atoms with Crippen LogP contribution in [-0.4, -0.2) is 43.9 Å². The van der Waals surface area contributed by atoms with Crippen molar-refractivity contribution in [3.8, 4) is 5.88 Å². The second-order valence-electron chi connectivity index (χ2n) is 3.99. The first-order valence-electron chi connectivity index (χ1n) is 5.67. The fourth-order valence-corrected chi connectivity index (χ4v) is 2.27. The van der Waals surface area contributed by atoms with E-state index in [-0.39, 0.29) is 12.6 Å². The number of nitrogens with one attached hydrogen (secondary N) is 1. The average Bonchev–Trinajstić information content (AvgIpc) is 2.74. The van der Waals surface area contributed by atoms with Gasteiger partial charge in [0.25, 0.3) is 0 Å². The molecule has 98 valence electrons. The summed E-state index contributed by atoms with van der Waals surface area (Å²) in [5.74, 6) is 0.666. The second-order valence-corrected chi connectivity index (χ2v) is 5.05. The number of rotatable bonds is 7. The number of hydrogen-bond donors (Lipinski definition) is 2. The summed E-state index contributed by atoms with van der Waals surface area (Å²) in [5, 5.41) is 13.3. The average molecular weight is 259 g/mol. The molecule has 1 aromatic heterocycles. The van der Waals surface area contributed by atoms with E-state index in [4.69, 9.17) is 9.84 Å². The molecule has 2 N–H and O–H groups in total. The Morgan fingerprint density at radius 3 is 2.71 bits per heavy atom. The third-order valence-electron chi connectivity index (χ3n) is 2.49. The van der Waals surface area contributed by atoms with E-state index in [9.17, 15) is 0 Å². The van der Waals surface area contributed by atoms with E-state index in [1.165, 1.54) is 0 Å². The Labute approximate surface area is 106 Å². The monoisotopic (exact) mass is 259 g/mol. The Morgan fingerprint density at radius 1 is 1.53 bits per heavy atom. The van der Waals surface area contributed by atoms with Crippen LogP contribution < -0.4 is 15.0 Å². The van der Waals surface area contributed by atoms with E-state index in [2.05, 4.69) is 10.3 Å². The highest BCUT2D eigenvalue weighted by atomic mass is 32.1. The van der Waals surface area contributed by atoms with Crippen LogP contribution in [0.3, 0.4) is 0 Å². The number of ether oxygens (including phenoxy) is 1. The maximum atomic E-state index is 9.11. The molecule has 1 atom stereocenters. The maximum Gasteiger partial charge on any atom is 0.230 e. The van der Waals surface area contributed by atoms with E-state index >= 15 is 0 Å². The standard InChI is InChI=1S/C11H21N3O2S/c1-5-8(7-15)12-6-9-10(16-4)13-11(17-9)14(2)3/h8,12,15H,5-7H2,1-4H3. The van der Waals surface area contributed by atoms with Crippen LogP contribution >= 0.6 is 11.3 Å². The summed E-state index contributed by atoms with van der Waals surface area (Å²) in [7, 11) is 5.54. The normalized spacial score (nSPS) is 12.5. The lowest BCUT2D eigenvalue weighted by molar-refractivity contribution is 0.238. The molecule has 0 aliphatic rings. The van der Waals surface area contributed by atoms with Crippen molar-refractivity contribution in [3.63, 3.8) is 0 Å². The number of nitrogens with zero attached hydrogens (tertiary/aromatic N) is 2. The summed E-state index contributed by atoms with van der Waals surface area (Å²) in [5.41, 5.74) is 0. The highest BCUT2D eigenvalue weighted by Gasteiger charge is 2.14. The third-order valence-corrected chi connectivity index (χ3v) is 3.69. The summed E-state index contributed by atoms with van der Waals surface area (Å²) in [6.45, 7) is 2.87. The van der Waals surface area contributed by atoms with Gasteiger partial charge < -0.3 is 20.1 Å². The largest absolute Gasteiger partial charge is 0.480 e. The molecule has 1 aromatic rings. The van der Waals surface area contributed by atoms with E-state index in [0.717, 1.165) is 16.4 Å². The van der Waals surface area contributed by atoms with Gasteiger partial charge in [0.2, 0.25) is 5.88 Å². The summed E-state index contributed by atoms with van der Waals surface area (Å²) in [4.78, 5) is 7.39. The minimum atomic E-state index is 0.129. The van der Waals surface area contributed by atoms with Crippen molar-refractivity contribution < 1.29 is 9.84 Å². The van der Waals surface area contributed by atoms with Crippen molar-refractivity contribution in [1.82, 2.24) is 10.3 Å². The van der Waals surface area contributed by atoms with Gasteiger partial charge in [-0.1, -0.05) is 18.3 Å². The van der Waals surface area contributed by atoms with Crippen LogP contribution in [0.25, 0.3) is 0 Å². The molecule has 0 spiro atoms. The van der Waals surface area contributed by atoms with Crippen molar-refractivity contribution in [3.05, 3.63) is 4.88 Å².